The summed E-state index contributed by atoms with van der Waals surface area (Å²) in [6.07, 6.45) is 10.4. The quantitative estimate of drug-likeness (QED) is 0.166. The molecule has 8 aromatic rings. The fraction of sp³-hybridized carbons (Fsp3) is 0.0217. The van der Waals surface area contributed by atoms with Gasteiger partial charge in [-0.2, -0.15) is 4.58 Å². The van der Waals surface area contributed by atoms with Crippen LogP contribution in [0.15, 0.2) is 181 Å². The number of aromatic nitrogens is 4. The lowest BCUT2D eigenvalue weighted by Crippen LogP contribution is -2.15. The van der Waals surface area contributed by atoms with E-state index in [-0.39, 0.29) is 6.17 Å². The number of fused-ring (bicyclic) bond motifs is 4. The van der Waals surface area contributed by atoms with Crippen molar-refractivity contribution in [3.8, 4) is 51.0 Å². The first-order valence-corrected chi connectivity index (χ1v) is 17.4. The molecule has 10 rings (SSSR count). The van der Waals surface area contributed by atoms with Crippen LogP contribution in [0.2, 0.25) is 0 Å². The maximum atomic E-state index is 5.00. The van der Waals surface area contributed by atoms with E-state index in [4.69, 9.17) is 19.9 Å². The smallest absolute Gasteiger partial charge is 0.271 e. The summed E-state index contributed by atoms with van der Waals surface area (Å²) in [5.74, 6) is 1.93. The van der Waals surface area contributed by atoms with Gasteiger partial charge in [0.2, 0.25) is 0 Å². The van der Waals surface area contributed by atoms with Crippen LogP contribution in [0.4, 0.5) is 0 Å². The summed E-state index contributed by atoms with van der Waals surface area (Å²) < 4.78 is 4.52. The Morgan fingerprint density at radius 2 is 1.08 bits per heavy atom. The van der Waals surface area contributed by atoms with Crippen molar-refractivity contribution in [3.05, 3.63) is 182 Å². The van der Waals surface area contributed by atoms with Gasteiger partial charge in [-0.25, -0.2) is 19.9 Å². The van der Waals surface area contributed by atoms with Crippen LogP contribution in [0.5, 0.6) is 0 Å². The number of benzene rings is 6. The number of rotatable bonds is 6. The van der Waals surface area contributed by atoms with Crippen LogP contribution >= 0.6 is 0 Å². The van der Waals surface area contributed by atoms with Crippen molar-refractivity contribution in [3.63, 3.8) is 0 Å². The molecule has 52 heavy (non-hydrogen) atoms. The molecular formula is C46H31N6+. The highest BCUT2D eigenvalue weighted by molar-refractivity contribution is 6.38. The van der Waals surface area contributed by atoms with Gasteiger partial charge in [-0.3, -0.25) is 0 Å². The third kappa shape index (κ3) is 5.25. The normalized spacial score (nSPS) is 14.8. The van der Waals surface area contributed by atoms with Crippen molar-refractivity contribution in [2.75, 3.05) is 0 Å². The third-order valence-electron chi connectivity index (χ3n) is 9.73. The van der Waals surface area contributed by atoms with Gasteiger partial charge in [-0.15, -0.1) is 0 Å². The Labute approximate surface area is 300 Å². The number of hydrogen-bond acceptors (Lipinski definition) is 4. The highest BCUT2D eigenvalue weighted by Crippen LogP contribution is 2.35. The fourth-order valence-corrected chi connectivity index (χ4v) is 7.20. The second-order valence-corrected chi connectivity index (χ2v) is 13.0. The largest absolute Gasteiger partial charge is 0.309 e. The minimum Gasteiger partial charge on any atom is -0.309 e. The lowest BCUT2D eigenvalue weighted by atomic mass is 10.0. The van der Waals surface area contributed by atoms with E-state index < -0.39 is 0 Å². The Hall–Kier alpha value is -7.05. The van der Waals surface area contributed by atoms with E-state index in [1.165, 1.54) is 10.8 Å². The number of para-hydroxylation sites is 1. The van der Waals surface area contributed by atoms with Gasteiger partial charge in [0.15, 0.2) is 29.9 Å². The topological polar surface area (TPSA) is 59.0 Å². The van der Waals surface area contributed by atoms with Crippen molar-refractivity contribution < 1.29 is 4.58 Å². The summed E-state index contributed by atoms with van der Waals surface area (Å²) in [5.41, 5.74) is 10.5. The molecule has 6 aromatic carbocycles. The van der Waals surface area contributed by atoms with E-state index in [9.17, 15) is 0 Å². The molecule has 0 fully saturated rings. The molecule has 2 aliphatic heterocycles. The molecule has 0 aliphatic carbocycles. The van der Waals surface area contributed by atoms with Crippen LogP contribution in [0.3, 0.4) is 0 Å². The Kier molecular flexibility index (Phi) is 7.10. The summed E-state index contributed by atoms with van der Waals surface area (Å²) >= 11 is 0. The van der Waals surface area contributed by atoms with Crippen LogP contribution in [-0.4, -0.2) is 42.2 Å². The molecule has 1 unspecified atom stereocenters. The van der Waals surface area contributed by atoms with Crippen LogP contribution in [0.1, 0.15) is 5.56 Å². The molecule has 1 atom stereocenters. The van der Waals surface area contributed by atoms with Crippen molar-refractivity contribution in [2.24, 2.45) is 4.99 Å². The lowest BCUT2D eigenvalue weighted by molar-refractivity contribution is -0.476. The molecule has 244 valence electrons. The van der Waals surface area contributed by atoms with Gasteiger partial charge in [-0.05, 0) is 41.5 Å². The molecule has 2 aromatic heterocycles. The van der Waals surface area contributed by atoms with Crippen LogP contribution in [0.25, 0.3) is 72.8 Å². The summed E-state index contributed by atoms with van der Waals surface area (Å²) in [4.78, 5) is 19.8. The summed E-state index contributed by atoms with van der Waals surface area (Å²) in [7, 11) is 0. The predicted octanol–water partition coefficient (Wildman–Crippen LogP) is 9.93. The fourth-order valence-electron chi connectivity index (χ4n) is 7.20. The SMILES string of the molecule is C1=CC2N=C(c3ccc4c5ccccc5n(-c5cccc(-c6cccc(-c7nc(-c8ccccc8)nc(-c8ccccc8)n7)c6)c5)c4c3)C=[N+]2C=C1. The molecule has 2 aliphatic rings. The molecule has 6 heteroatoms. The maximum Gasteiger partial charge on any atom is 0.271 e. The van der Waals surface area contributed by atoms with Crippen molar-refractivity contribution in [2.45, 2.75) is 6.17 Å². The van der Waals surface area contributed by atoms with Crippen LogP contribution in [0, 0.1) is 0 Å². The molecule has 0 bridgehead atoms. The Bertz CT molecular complexity index is 2730. The number of nitrogens with zero attached hydrogens (tertiary/aromatic N) is 6. The molecule has 0 saturated carbocycles. The van der Waals surface area contributed by atoms with Crippen LogP contribution < -0.4 is 0 Å². The van der Waals surface area contributed by atoms with Crippen molar-refractivity contribution >= 4 is 33.7 Å². The Morgan fingerprint density at radius 1 is 0.462 bits per heavy atom. The van der Waals surface area contributed by atoms with Gasteiger partial charge >= 0.3 is 0 Å². The molecule has 0 spiro atoms. The minimum absolute atomic E-state index is 0.0152. The number of aliphatic imine (C=N–C) groups is 1. The first-order chi connectivity index (χ1) is 25.7. The second kappa shape index (κ2) is 12.4. The third-order valence-corrected chi connectivity index (χ3v) is 9.73. The molecule has 4 heterocycles. The van der Waals surface area contributed by atoms with Crippen molar-refractivity contribution in [1.29, 1.82) is 0 Å². The van der Waals surface area contributed by atoms with E-state index in [0.717, 1.165) is 55.8 Å². The van der Waals surface area contributed by atoms with Gasteiger partial charge < -0.3 is 4.57 Å². The van der Waals surface area contributed by atoms with E-state index in [1.807, 2.05) is 66.7 Å². The molecule has 0 saturated heterocycles. The highest BCUT2D eigenvalue weighted by Gasteiger charge is 2.26. The summed E-state index contributed by atoms with van der Waals surface area (Å²) in [6, 6.07) is 52.7. The average Bonchev–Trinajstić information content (AvgIpc) is 3.81. The van der Waals surface area contributed by atoms with E-state index in [1.54, 1.807) is 0 Å². The van der Waals surface area contributed by atoms with E-state index >= 15 is 0 Å². The van der Waals surface area contributed by atoms with Crippen molar-refractivity contribution in [1.82, 2.24) is 19.5 Å². The number of allylic oxidation sites excluding steroid dienone is 2. The Balaban J connectivity index is 1.08. The van der Waals surface area contributed by atoms with Gasteiger partial charge in [-0.1, -0.05) is 127 Å². The van der Waals surface area contributed by atoms with Gasteiger partial charge in [0.25, 0.3) is 6.17 Å². The zero-order valence-electron chi connectivity index (χ0n) is 28.1. The zero-order chi connectivity index (χ0) is 34.4. The lowest BCUT2D eigenvalue weighted by Gasteiger charge is -2.12. The van der Waals surface area contributed by atoms with Crippen LogP contribution in [-0.2, 0) is 0 Å². The van der Waals surface area contributed by atoms with Gasteiger partial charge in [0.05, 0.1) is 11.0 Å². The van der Waals surface area contributed by atoms with E-state index in [0.29, 0.717) is 17.5 Å². The minimum atomic E-state index is 0.0152. The predicted molar refractivity (Wildman–Crippen MR) is 211 cm³/mol. The monoisotopic (exact) mass is 667 g/mol. The summed E-state index contributed by atoms with van der Waals surface area (Å²) in [6.45, 7) is 0. The van der Waals surface area contributed by atoms with E-state index in [2.05, 4.69) is 125 Å². The first kappa shape index (κ1) is 29.8. The highest BCUT2D eigenvalue weighted by atomic mass is 15.2. The van der Waals surface area contributed by atoms with Gasteiger partial charge in [0, 0.05) is 50.9 Å². The molecule has 0 amide bonds. The molecular weight excluding hydrogens is 637 g/mol. The summed E-state index contributed by atoms with van der Waals surface area (Å²) in [5, 5.41) is 2.43. The Morgan fingerprint density at radius 3 is 1.83 bits per heavy atom. The average molecular weight is 668 g/mol. The molecule has 0 radical (unpaired) electrons. The molecule has 6 nitrogen and oxygen atoms in total. The second-order valence-electron chi connectivity index (χ2n) is 13.0. The standard InChI is InChI=1S/C46H31N6/c1-3-13-31(14-4-1)44-48-45(32-15-5-2-6-16-32)50-46(49-44)36-19-11-17-33(27-36)34-18-12-20-37(28-34)52-41-22-8-7-21-38(41)39-25-24-35(29-42(39)52)40-30-51-26-10-9-23-43(51)47-40/h1-30,43H/q+1. The zero-order valence-corrected chi connectivity index (χ0v) is 28.1. The first-order valence-electron chi connectivity index (χ1n) is 17.4. The van der Waals surface area contributed by atoms with Gasteiger partial charge in [0.1, 0.15) is 5.71 Å². The molecule has 0 N–H and O–H groups in total. The number of hydrogen-bond donors (Lipinski definition) is 0. The maximum absolute atomic E-state index is 5.00.